The molecule has 4 nitrogen and oxygen atoms in total. The van der Waals surface area contributed by atoms with Crippen molar-refractivity contribution in [3.63, 3.8) is 0 Å². The molecule has 0 saturated carbocycles. The molecule has 0 atom stereocenters. The summed E-state index contributed by atoms with van der Waals surface area (Å²) in [5, 5.41) is 0. The molecular weight excluding hydrogens is 196 g/mol. The Morgan fingerprint density at radius 2 is 1.60 bits per heavy atom. The predicted octanol–water partition coefficient (Wildman–Crippen LogP) is 1.92. The van der Waals surface area contributed by atoms with Crippen molar-refractivity contribution in [1.82, 2.24) is 0 Å². The number of hydrogen-bond acceptors (Lipinski definition) is 4. The average Bonchev–Trinajstić information content (AvgIpc) is 2.12. The van der Waals surface area contributed by atoms with Crippen molar-refractivity contribution in [1.29, 1.82) is 0 Å². The van der Waals surface area contributed by atoms with Gasteiger partial charge in [0, 0.05) is 12.8 Å². The highest BCUT2D eigenvalue weighted by molar-refractivity contribution is 5.70. The Morgan fingerprint density at radius 3 is 2.07 bits per heavy atom. The second-order valence-corrected chi connectivity index (χ2v) is 3.79. The Hall–Kier alpha value is -1.06. The summed E-state index contributed by atoms with van der Waals surface area (Å²) in [5.41, 5.74) is 0. The lowest BCUT2D eigenvalue weighted by Crippen LogP contribution is -2.14. The fraction of sp³-hybridized carbons (Fsp3) is 0.818. The van der Waals surface area contributed by atoms with Crippen LogP contribution in [0.4, 0.5) is 0 Å². The van der Waals surface area contributed by atoms with Gasteiger partial charge >= 0.3 is 11.9 Å². The highest BCUT2D eigenvalue weighted by Crippen LogP contribution is 2.00. The van der Waals surface area contributed by atoms with E-state index in [9.17, 15) is 9.59 Å². The summed E-state index contributed by atoms with van der Waals surface area (Å²) in [4.78, 5) is 22.0. The quantitative estimate of drug-likeness (QED) is 0.482. The summed E-state index contributed by atoms with van der Waals surface area (Å²) < 4.78 is 9.69. The Morgan fingerprint density at radius 1 is 1.07 bits per heavy atom. The molecule has 0 bridgehead atoms. The van der Waals surface area contributed by atoms with Crippen molar-refractivity contribution >= 4 is 11.9 Å². The molecule has 0 aliphatic rings. The van der Waals surface area contributed by atoms with E-state index in [0.717, 1.165) is 6.42 Å². The smallest absolute Gasteiger partial charge is 0.306 e. The number of esters is 2. The zero-order valence-electron chi connectivity index (χ0n) is 9.75. The molecule has 0 aromatic rings. The van der Waals surface area contributed by atoms with Gasteiger partial charge in [0.05, 0.1) is 0 Å². The van der Waals surface area contributed by atoms with E-state index >= 15 is 0 Å². The Kier molecular flexibility index (Phi) is 7.68. The molecule has 4 heteroatoms. The van der Waals surface area contributed by atoms with Crippen LogP contribution in [0.5, 0.6) is 0 Å². The molecule has 88 valence electrons. The first-order valence-corrected chi connectivity index (χ1v) is 5.37. The number of carbonyl (C=O) groups is 2. The van der Waals surface area contributed by atoms with Gasteiger partial charge in [-0.25, -0.2) is 0 Å². The largest absolute Gasteiger partial charge is 0.462 e. The highest BCUT2D eigenvalue weighted by Gasteiger charge is 2.06. The second-order valence-electron chi connectivity index (χ2n) is 3.79. The molecule has 0 N–H and O–H groups in total. The minimum absolute atomic E-state index is 0.154. The van der Waals surface area contributed by atoms with Crippen LogP contribution in [0.1, 0.15) is 40.0 Å². The van der Waals surface area contributed by atoms with Crippen LogP contribution >= 0.6 is 0 Å². The van der Waals surface area contributed by atoms with E-state index in [-0.39, 0.29) is 25.2 Å². The van der Waals surface area contributed by atoms with Crippen LogP contribution in [0.25, 0.3) is 0 Å². The second kappa shape index (κ2) is 8.26. The third-order valence-electron chi connectivity index (χ3n) is 1.64. The van der Waals surface area contributed by atoms with Crippen molar-refractivity contribution in [2.45, 2.75) is 40.0 Å². The van der Waals surface area contributed by atoms with E-state index in [2.05, 4.69) is 0 Å². The maximum atomic E-state index is 11.1. The minimum atomic E-state index is -0.239. The number of carbonyl (C=O) groups excluding carboxylic acids is 2. The fourth-order valence-corrected chi connectivity index (χ4v) is 0.980. The molecular formula is C11H20O4. The molecule has 0 aliphatic carbocycles. The van der Waals surface area contributed by atoms with Crippen LogP contribution in [-0.4, -0.2) is 25.2 Å². The molecule has 0 heterocycles. The summed E-state index contributed by atoms with van der Waals surface area (Å²) in [6.45, 7) is 6.11. The molecule has 15 heavy (non-hydrogen) atoms. The molecule has 0 amide bonds. The monoisotopic (exact) mass is 216 g/mol. The van der Waals surface area contributed by atoms with Gasteiger partial charge in [-0.3, -0.25) is 9.59 Å². The third-order valence-corrected chi connectivity index (χ3v) is 1.64. The fourth-order valence-electron chi connectivity index (χ4n) is 0.980. The molecule has 0 saturated heterocycles. The van der Waals surface area contributed by atoms with Crippen LogP contribution in [0.2, 0.25) is 0 Å². The highest BCUT2D eigenvalue weighted by atomic mass is 16.6. The average molecular weight is 216 g/mol. The van der Waals surface area contributed by atoms with Crippen molar-refractivity contribution < 1.29 is 19.1 Å². The van der Waals surface area contributed by atoms with E-state index in [1.54, 1.807) is 0 Å². The molecule has 0 aromatic heterocycles. The van der Waals surface area contributed by atoms with E-state index in [1.165, 1.54) is 0 Å². The lowest BCUT2D eigenvalue weighted by molar-refractivity contribution is -0.152. The number of hydrogen-bond donors (Lipinski definition) is 0. The summed E-state index contributed by atoms with van der Waals surface area (Å²) in [6, 6.07) is 0. The van der Waals surface area contributed by atoms with Crippen LogP contribution in [0.3, 0.4) is 0 Å². The van der Waals surface area contributed by atoms with Gasteiger partial charge < -0.3 is 9.47 Å². The Bertz CT molecular complexity index is 199. The standard InChI is InChI=1S/C11H20O4/c1-4-5-10(12)14-6-7-15-11(13)8-9(2)3/h9H,4-8H2,1-3H3. The van der Waals surface area contributed by atoms with Crippen LogP contribution in [0, 0.1) is 5.92 Å². The van der Waals surface area contributed by atoms with Crippen LogP contribution < -0.4 is 0 Å². The van der Waals surface area contributed by atoms with Gasteiger partial charge in [0.25, 0.3) is 0 Å². The van der Waals surface area contributed by atoms with E-state index < -0.39 is 0 Å². The summed E-state index contributed by atoms with van der Waals surface area (Å²) >= 11 is 0. The van der Waals surface area contributed by atoms with E-state index in [1.807, 2.05) is 20.8 Å². The molecule has 0 spiro atoms. The first-order chi connectivity index (χ1) is 7.06. The van der Waals surface area contributed by atoms with Gasteiger partial charge in [0.15, 0.2) is 0 Å². The van der Waals surface area contributed by atoms with Crippen LogP contribution in [0.15, 0.2) is 0 Å². The van der Waals surface area contributed by atoms with Gasteiger partial charge in [-0.15, -0.1) is 0 Å². The minimum Gasteiger partial charge on any atom is -0.462 e. The van der Waals surface area contributed by atoms with Crippen molar-refractivity contribution in [2.24, 2.45) is 5.92 Å². The number of ether oxygens (including phenoxy) is 2. The summed E-state index contributed by atoms with van der Waals surface area (Å²) in [6.07, 6.45) is 1.59. The van der Waals surface area contributed by atoms with Gasteiger partial charge in [-0.1, -0.05) is 20.8 Å². The maximum Gasteiger partial charge on any atom is 0.306 e. The molecule has 0 aromatic carbocycles. The predicted molar refractivity (Wildman–Crippen MR) is 56.3 cm³/mol. The first-order valence-electron chi connectivity index (χ1n) is 5.37. The Balaban J connectivity index is 3.38. The van der Waals surface area contributed by atoms with Crippen LogP contribution in [-0.2, 0) is 19.1 Å². The zero-order chi connectivity index (χ0) is 11.7. The van der Waals surface area contributed by atoms with Gasteiger partial charge in [-0.05, 0) is 12.3 Å². The molecule has 0 fully saturated rings. The normalized spacial score (nSPS) is 10.1. The topological polar surface area (TPSA) is 52.6 Å². The lowest BCUT2D eigenvalue weighted by atomic mass is 10.1. The molecule has 0 aliphatic heterocycles. The Labute approximate surface area is 90.9 Å². The van der Waals surface area contributed by atoms with Gasteiger partial charge in [0.2, 0.25) is 0 Å². The third kappa shape index (κ3) is 9.25. The lowest BCUT2D eigenvalue weighted by Gasteiger charge is -2.07. The molecule has 0 radical (unpaired) electrons. The summed E-state index contributed by atoms with van der Waals surface area (Å²) in [5.74, 6) is -0.186. The van der Waals surface area contributed by atoms with Crippen molar-refractivity contribution in [3.05, 3.63) is 0 Å². The van der Waals surface area contributed by atoms with Crippen molar-refractivity contribution in [3.8, 4) is 0 Å². The van der Waals surface area contributed by atoms with E-state index in [4.69, 9.17) is 9.47 Å². The first kappa shape index (κ1) is 13.9. The zero-order valence-corrected chi connectivity index (χ0v) is 9.75. The van der Waals surface area contributed by atoms with E-state index in [0.29, 0.717) is 18.8 Å². The molecule has 0 unspecified atom stereocenters. The van der Waals surface area contributed by atoms with Gasteiger partial charge in [0.1, 0.15) is 13.2 Å². The number of rotatable bonds is 7. The summed E-state index contributed by atoms with van der Waals surface area (Å²) in [7, 11) is 0. The van der Waals surface area contributed by atoms with Crippen molar-refractivity contribution in [2.75, 3.05) is 13.2 Å². The molecule has 0 rings (SSSR count). The SMILES string of the molecule is CCCC(=O)OCCOC(=O)CC(C)C. The maximum absolute atomic E-state index is 11.1. The van der Waals surface area contributed by atoms with Gasteiger partial charge in [-0.2, -0.15) is 0 Å².